The maximum absolute atomic E-state index is 4.35. The standard InChI is InChI=1S/C8H9N3S/c1-5-8(10-4-9-5)7-3-12-6(2)11-7/h3-4H,1-2H3,(H,9,10). The topological polar surface area (TPSA) is 41.6 Å². The zero-order valence-electron chi connectivity index (χ0n) is 6.96. The molecule has 0 aliphatic carbocycles. The van der Waals surface area contributed by atoms with Crippen molar-refractivity contribution < 1.29 is 0 Å². The molecular weight excluding hydrogens is 170 g/mol. The second-order valence-corrected chi connectivity index (χ2v) is 3.69. The summed E-state index contributed by atoms with van der Waals surface area (Å²) in [6.45, 7) is 3.99. The maximum atomic E-state index is 4.35. The first-order valence-electron chi connectivity index (χ1n) is 3.70. The fourth-order valence-electron chi connectivity index (χ4n) is 1.09. The summed E-state index contributed by atoms with van der Waals surface area (Å²) in [7, 11) is 0. The third kappa shape index (κ3) is 1.14. The van der Waals surface area contributed by atoms with E-state index in [1.165, 1.54) is 0 Å². The molecule has 2 heterocycles. The summed E-state index contributed by atoms with van der Waals surface area (Å²) in [5.74, 6) is 0. The third-order valence-electron chi connectivity index (χ3n) is 1.69. The Morgan fingerprint density at radius 2 is 2.25 bits per heavy atom. The number of rotatable bonds is 1. The van der Waals surface area contributed by atoms with E-state index >= 15 is 0 Å². The molecule has 0 aliphatic heterocycles. The summed E-state index contributed by atoms with van der Waals surface area (Å²) < 4.78 is 0. The zero-order chi connectivity index (χ0) is 8.55. The Morgan fingerprint density at radius 3 is 2.75 bits per heavy atom. The van der Waals surface area contributed by atoms with Crippen LogP contribution in [0.15, 0.2) is 11.7 Å². The van der Waals surface area contributed by atoms with E-state index in [1.807, 2.05) is 19.2 Å². The van der Waals surface area contributed by atoms with Crippen molar-refractivity contribution in [1.29, 1.82) is 0 Å². The quantitative estimate of drug-likeness (QED) is 0.728. The highest BCUT2D eigenvalue weighted by molar-refractivity contribution is 7.09. The first-order valence-corrected chi connectivity index (χ1v) is 4.58. The molecule has 0 aromatic carbocycles. The van der Waals surface area contributed by atoms with Crippen LogP contribution in [-0.4, -0.2) is 15.0 Å². The van der Waals surface area contributed by atoms with Crippen LogP contribution in [0.5, 0.6) is 0 Å². The van der Waals surface area contributed by atoms with E-state index in [4.69, 9.17) is 0 Å². The van der Waals surface area contributed by atoms with Crippen molar-refractivity contribution in [3.63, 3.8) is 0 Å². The molecule has 2 aromatic heterocycles. The van der Waals surface area contributed by atoms with E-state index in [9.17, 15) is 0 Å². The molecule has 0 saturated carbocycles. The molecule has 0 saturated heterocycles. The second kappa shape index (κ2) is 2.71. The van der Waals surface area contributed by atoms with Crippen LogP contribution in [0.1, 0.15) is 10.7 Å². The molecule has 12 heavy (non-hydrogen) atoms. The highest BCUT2D eigenvalue weighted by Crippen LogP contribution is 2.21. The van der Waals surface area contributed by atoms with E-state index in [-0.39, 0.29) is 0 Å². The lowest BCUT2D eigenvalue weighted by Gasteiger charge is -1.89. The Morgan fingerprint density at radius 1 is 1.42 bits per heavy atom. The van der Waals surface area contributed by atoms with Gasteiger partial charge in [-0.15, -0.1) is 11.3 Å². The van der Waals surface area contributed by atoms with Gasteiger partial charge in [0.2, 0.25) is 0 Å². The summed E-state index contributed by atoms with van der Waals surface area (Å²) in [5, 5.41) is 3.10. The van der Waals surface area contributed by atoms with Gasteiger partial charge >= 0.3 is 0 Å². The van der Waals surface area contributed by atoms with Gasteiger partial charge in [-0.25, -0.2) is 9.97 Å². The van der Waals surface area contributed by atoms with Crippen LogP contribution in [-0.2, 0) is 0 Å². The zero-order valence-corrected chi connectivity index (χ0v) is 7.77. The number of imidazole rings is 1. The summed E-state index contributed by atoms with van der Waals surface area (Å²) >= 11 is 1.65. The van der Waals surface area contributed by atoms with Crippen molar-refractivity contribution in [2.24, 2.45) is 0 Å². The molecule has 1 N–H and O–H groups in total. The SMILES string of the molecule is Cc1nc(-c2nc[nH]c2C)cs1. The molecule has 2 rings (SSSR count). The Kier molecular flexibility index (Phi) is 1.69. The van der Waals surface area contributed by atoms with Crippen molar-refractivity contribution in [1.82, 2.24) is 15.0 Å². The van der Waals surface area contributed by atoms with Crippen molar-refractivity contribution in [3.05, 3.63) is 22.4 Å². The predicted molar refractivity (Wildman–Crippen MR) is 49.2 cm³/mol. The van der Waals surface area contributed by atoms with Crippen LogP contribution in [0.2, 0.25) is 0 Å². The number of thiazole rings is 1. The number of aromatic nitrogens is 3. The van der Waals surface area contributed by atoms with Gasteiger partial charge in [-0.2, -0.15) is 0 Å². The number of aryl methyl sites for hydroxylation is 2. The van der Waals surface area contributed by atoms with Gasteiger partial charge in [-0.05, 0) is 13.8 Å². The molecular formula is C8H9N3S. The molecule has 62 valence electrons. The average molecular weight is 179 g/mol. The van der Waals surface area contributed by atoms with Crippen LogP contribution in [0, 0.1) is 13.8 Å². The van der Waals surface area contributed by atoms with Crippen LogP contribution >= 0.6 is 11.3 Å². The Balaban J connectivity index is 2.50. The lowest BCUT2D eigenvalue weighted by atomic mass is 10.3. The largest absolute Gasteiger partial charge is 0.348 e. The molecule has 2 aromatic rings. The number of nitrogens with one attached hydrogen (secondary N) is 1. The number of nitrogens with zero attached hydrogens (tertiary/aromatic N) is 2. The monoisotopic (exact) mass is 179 g/mol. The summed E-state index contributed by atoms with van der Waals surface area (Å²) in [6, 6.07) is 0. The lowest BCUT2D eigenvalue weighted by Crippen LogP contribution is -1.80. The third-order valence-corrected chi connectivity index (χ3v) is 2.47. The molecule has 0 amide bonds. The Labute approximate surface area is 74.5 Å². The van der Waals surface area contributed by atoms with Gasteiger partial charge in [0.1, 0.15) is 11.4 Å². The summed E-state index contributed by atoms with van der Waals surface area (Å²) in [6.07, 6.45) is 1.69. The first-order chi connectivity index (χ1) is 5.77. The van der Waals surface area contributed by atoms with Crippen LogP contribution in [0.3, 0.4) is 0 Å². The average Bonchev–Trinajstić information content (AvgIpc) is 2.58. The van der Waals surface area contributed by atoms with Crippen LogP contribution in [0.25, 0.3) is 11.4 Å². The van der Waals surface area contributed by atoms with E-state index in [0.29, 0.717) is 0 Å². The fourth-order valence-corrected chi connectivity index (χ4v) is 1.69. The van der Waals surface area contributed by atoms with Crippen molar-refractivity contribution >= 4 is 11.3 Å². The smallest absolute Gasteiger partial charge is 0.110 e. The van der Waals surface area contributed by atoms with Gasteiger partial charge in [-0.3, -0.25) is 0 Å². The number of hydrogen-bond donors (Lipinski definition) is 1. The molecule has 3 nitrogen and oxygen atoms in total. The lowest BCUT2D eigenvalue weighted by molar-refractivity contribution is 1.24. The first kappa shape index (κ1) is 7.49. The van der Waals surface area contributed by atoms with Gasteiger partial charge in [0.15, 0.2) is 0 Å². The Hall–Kier alpha value is -1.16. The second-order valence-electron chi connectivity index (χ2n) is 2.63. The van der Waals surface area contributed by atoms with E-state index in [1.54, 1.807) is 17.7 Å². The maximum Gasteiger partial charge on any atom is 0.110 e. The van der Waals surface area contributed by atoms with E-state index in [0.717, 1.165) is 22.1 Å². The van der Waals surface area contributed by atoms with Crippen LogP contribution in [0.4, 0.5) is 0 Å². The minimum absolute atomic E-state index is 0.958. The van der Waals surface area contributed by atoms with Gasteiger partial charge in [0, 0.05) is 11.1 Å². The van der Waals surface area contributed by atoms with Gasteiger partial charge in [-0.1, -0.05) is 0 Å². The minimum atomic E-state index is 0.958. The normalized spacial score (nSPS) is 10.5. The molecule has 0 fully saturated rings. The van der Waals surface area contributed by atoms with Crippen LogP contribution < -0.4 is 0 Å². The van der Waals surface area contributed by atoms with Crippen molar-refractivity contribution in [2.75, 3.05) is 0 Å². The molecule has 0 unspecified atom stereocenters. The highest BCUT2D eigenvalue weighted by Gasteiger charge is 2.06. The van der Waals surface area contributed by atoms with Gasteiger partial charge < -0.3 is 4.98 Å². The molecule has 0 spiro atoms. The fraction of sp³-hybridized carbons (Fsp3) is 0.250. The van der Waals surface area contributed by atoms with E-state index in [2.05, 4.69) is 15.0 Å². The summed E-state index contributed by atoms with van der Waals surface area (Å²) in [5.41, 5.74) is 3.00. The summed E-state index contributed by atoms with van der Waals surface area (Å²) in [4.78, 5) is 11.6. The van der Waals surface area contributed by atoms with E-state index < -0.39 is 0 Å². The van der Waals surface area contributed by atoms with Gasteiger partial charge in [0.05, 0.1) is 11.3 Å². The number of hydrogen-bond acceptors (Lipinski definition) is 3. The molecule has 0 aliphatic rings. The highest BCUT2D eigenvalue weighted by atomic mass is 32.1. The van der Waals surface area contributed by atoms with Crippen molar-refractivity contribution in [3.8, 4) is 11.4 Å². The minimum Gasteiger partial charge on any atom is -0.348 e. The molecule has 0 bridgehead atoms. The molecule has 4 heteroatoms. The Bertz CT molecular complexity index is 388. The molecule has 0 radical (unpaired) electrons. The van der Waals surface area contributed by atoms with Gasteiger partial charge in [0.25, 0.3) is 0 Å². The van der Waals surface area contributed by atoms with Crippen molar-refractivity contribution in [2.45, 2.75) is 13.8 Å². The molecule has 0 atom stereocenters. The number of H-pyrrole nitrogens is 1. The number of aromatic amines is 1. The predicted octanol–water partition coefficient (Wildman–Crippen LogP) is 2.15.